The number of aliphatic hydroxyl groups is 1. The highest BCUT2D eigenvalue weighted by atomic mass is 16.6. The van der Waals surface area contributed by atoms with E-state index in [0.717, 1.165) is 0 Å². The summed E-state index contributed by atoms with van der Waals surface area (Å²) >= 11 is 0. The van der Waals surface area contributed by atoms with Crippen LogP contribution in [-0.2, 0) is 0 Å². The van der Waals surface area contributed by atoms with Crippen LogP contribution in [0.5, 0.6) is 5.88 Å². The van der Waals surface area contributed by atoms with Gasteiger partial charge in [0.2, 0.25) is 5.82 Å². The maximum atomic E-state index is 11.0. The van der Waals surface area contributed by atoms with E-state index in [-0.39, 0.29) is 30.0 Å². The molecule has 0 bridgehead atoms. The predicted molar refractivity (Wildman–Crippen MR) is 60.2 cm³/mol. The van der Waals surface area contributed by atoms with Crippen molar-refractivity contribution in [3.8, 4) is 5.88 Å². The maximum Gasteiger partial charge on any atom is 0.372 e. The molecule has 0 aliphatic carbocycles. The second-order valence-electron chi connectivity index (χ2n) is 3.45. The number of nitro groups is 1. The summed E-state index contributed by atoms with van der Waals surface area (Å²) < 4.78 is 4.83. The summed E-state index contributed by atoms with van der Waals surface area (Å²) in [4.78, 5) is 19.4. The number of rotatable bonds is 5. The molecule has 0 fully saturated rings. The highest BCUT2D eigenvalue weighted by Gasteiger charge is 2.27. The van der Waals surface area contributed by atoms with Gasteiger partial charge in [-0.3, -0.25) is 10.1 Å². The van der Waals surface area contributed by atoms with Gasteiger partial charge in [0, 0.05) is 7.05 Å². The van der Waals surface area contributed by atoms with E-state index < -0.39 is 4.92 Å². The van der Waals surface area contributed by atoms with Crippen LogP contribution in [0.3, 0.4) is 0 Å². The second-order valence-corrected chi connectivity index (χ2v) is 3.45. The number of hydrogen-bond donors (Lipinski definition) is 1. The van der Waals surface area contributed by atoms with E-state index in [1.807, 2.05) is 0 Å². The molecule has 0 aliphatic heterocycles. The minimum absolute atomic E-state index is 0.100. The lowest BCUT2D eigenvalue weighted by Gasteiger charge is -2.23. The molecule has 8 nitrogen and oxygen atoms in total. The van der Waals surface area contributed by atoms with Crippen LogP contribution in [0.25, 0.3) is 0 Å². The van der Waals surface area contributed by atoms with Gasteiger partial charge in [-0.25, -0.2) is 4.98 Å². The lowest BCUT2D eigenvalue weighted by atomic mass is 10.3. The molecule has 0 spiro atoms. The predicted octanol–water partition coefficient (Wildman–Crippen LogP) is 0.210. The van der Waals surface area contributed by atoms with Gasteiger partial charge in [-0.2, -0.15) is 4.98 Å². The first-order chi connectivity index (χ1) is 8.02. The molecule has 1 N–H and O–H groups in total. The third-order valence-electron chi connectivity index (χ3n) is 2.40. The lowest BCUT2D eigenvalue weighted by molar-refractivity contribution is -0.385. The summed E-state index contributed by atoms with van der Waals surface area (Å²) in [5, 5.41) is 20.0. The van der Waals surface area contributed by atoms with Gasteiger partial charge in [-0.05, 0) is 6.92 Å². The fraction of sp³-hybridized carbons (Fsp3) is 0.556. The van der Waals surface area contributed by atoms with Crippen molar-refractivity contribution in [2.75, 3.05) is 25.7 Å². The van der Waals surface area contributed by atoms with Crippen molar-refractivity contribution in [2.24, 2.45) is 0 Å². The van der Waals surface area contributed by atoms with E-state index in [4.69, 9.17) is 9.84 Å². The van der Waals surface area contributed by atoms with E-state index in [9.17, 15) is 10.1 Å². The van der Waals surface area contributed by atoms with E-state index in [1.54, 1.807) is 14.0 Å². The molecule has 8 heteroatoms. The number of ether oxygens (including phenoxy) is 1. The zero-order valence-electron chi connectivity index (χ0n) is 9.82. The van der Waals surface area contributed by atoms with E-state index in [1.165, 1.54) is 18.3 Å². The maximum absolute atomic E-state index is 11.0. The lowest BCUT2D eigenvalue weighted by Crippen LogP contribution is -2.33. The smallest absolute Gasteiger partial charge is 0.372 e. The van der Waals surface area contributed by atoms with Crippen LogP contribution in [0.1, 0.15) is 6.92 Å². The van der Waals surface area contributed by atoms with Crippen LogP contribution < -0.4 is 9.64 Å². The molecule has 1 atom stereocenters. The summed E-state index contributed by atoms with van der Waals surface area (Å²) in [7, 11) is 2.91. The highest BCUT2D eigenvalue weighted by molar-refractivity contribution is 5.62. The van der Waals surface area contributed by atoms with E-state index in [2.05, 4.69) is 9.97 Å². The van der Waals surface area contributed by atoms with Gasteiger partial charge in [0.1, 0.15) is 6.33 Å². The van der Waals surface area contributed by atoms with E-state index >= 15 is 0 Å². The Bertz CT molecular complexity index is 412. The highest BCUT2D eigenvalue weighted by Crippen LogP contribution is 2.33. The van der Waals surface area contributed by atoms with Crippen LogP contribution in [-0.4, -0.2) is 46.8 Å². The molecule has 0 amide bonds. The Kier molecular flexibility index (Phi) is 4.16. The summed E-state index contributed by atoms with van der Waals surface area (Å²) in [6.07, 6.45) is 1.18. The van der Waals surface area contributed by atoms with Crippen molar-refractivity contribution < 1.29 is 14.8 Å². The van der Waals surface area contributed by atoms with Gasteiger partial charge in [0.05, 0.1) is 24.7 Å². The third kappa shape index (κ3) is 2.59. The van der Waals surface area contributed by atoms with Crippen molar-refractivity contribution in [3.63, 3.8) is 0 Å². The fourth-order valence-corrected chi connectivity index (χ4v) is 1.25. The number of hydrogen-bond acceptors (Lipinski definition) is 7. The Morgan fingerprint density at radius 2 is 2.29 bits per heavy atom. The molecule has 1 aromatic heterocycles. The zero-order chi connectivity index (χ0) is 13.0. The molecule has 1 unspecified atom stereocenters. The molecule has 17 heavy (non-hydrogen) atoms. The summed E-state index contributed by atoms with van der Waals surface area (Å²) in [5.74, 6) is 0.0142. The number of anilines is 1. The molecule has 0 saturated carbocycles. The van der Waals surface area contributed by atoms with Gasteiger partial charge in [0.15, 0.2) is 0 Å². The average molecular weight is 242 g/mol. The Morgan fingerprint density at radius 3 is 2.76 bits per heavy atom. The number of aromatic nitrogens is 2. The van der Waals surface area contributed by atoms with Crippen molar-refractivity contribution in [3.05, 3.63) is 16.4 Å². The number of methoxy groups -OCH3 is 1. The SMILES string of the molecule is COc1ncnc(N(C)C(C)CO)c1[N+](=O)[O-]. The zero-order valence-corrected chi connectivity index (χ0v) is 9.82. The van der Waals surface area contributed by atoms with E-state index in [0.29, 0.717) is 0 Å². The Hall–Kier alpha value is -1.96. The molecule has 1 aromatic rings. The minimum Gasteiger partial charge on any atom is -0.476 e. The fourth-order valence-electron chi connectivity index (χ4n) is 1.25. The molecule has 0 saturated heterocycles. The normalized spacial score (nSPS) is 12.0. The van der Waals surface area contributed by atoms with Crippen LogP contribution >= 0.6 is 0 Å². The topological polar surface area (TPSA) is 102 Å². The van der Waals surface area contributed by atoms with Gasteiger partial charge >= 0.3 is 5.69 Å². The third-order valence-corrected chi connectivity index (χ3v) is 2.40. The molecular formula is C9H14N4O4. The Labute approximate surface area is 98.0 Å². The van der Waals surface area contributed by atoms with Crippen LogP contribution in [0.2, 0.25) is 0 Å². The van der Waals surface area contributed by atoms with Gasteiger partial charge in [0.25, 0.3) is 5.88 Å². The van der Waals surface area contributed by atoms with Crippen molar-refractivity contribution >= 4 is 11.5 Å². The van der Waals surface area contributed by atoms with Gasteiger partial charge in [-0.15, -0.1) is 0 Å². The van der Waals surface area contributed by atoms with Gasteiger partial charge < -0.3 is 14.7 Å². The Morgan fingerprint density at radius 1 is 1.65 bits per heavy atom. The molecule has 1 rings (SSSR count). The molecule has 0 aliphatic rings. The van der Waals surface area contributed by atoms with Crippen molar-refractivity contribution in [1.29, 1.82) is 0 Å². The standard InChI is InChI=1S/C9H14N4O4/c1-6(4-14)12(2)8-7(13(15)16)9(17-3)11-5-10-8/h5-6,14H,4H2,1-3H3. The van der Waals surface area contributed by atoms with Gasteiger partial charge in [-0.1, -0.05) is 0 Å². The molecule has 0 radical (unpaired) electrons. The molecule has 94 valence electrons. The first-order valence-corrected chi connectivity index (χ1v) is 4.90. The largest absolute Gasteiger partial charge is 0.476 e. The average Bonchev–Trinajstić information content (AvgIpc) is 2.35. The monoisotopic (exact) mass is 242 g/mol. The summed E-state index contributed by atoms with van der Waals surface area (Å²) in [5.41, 5.74) is -0.308. The minimum atomic E-state index is -0.602. The number of likely N-dealkylation sites (N-methyl/N-ethyl adjacent to an activating group) is 1. The quantitative estimate of drug-likeness (QED) is 0.581. The number of nitrogens with zero attached hydrogens (tertiary/aromatic N) is 4. The van der Waals surface area contributed by atoms with Crippen LogP contribution in [0, 0.1) is 10.1 Å². The summed E-state index contributed by atoms with van der Waals surface area (Å²) in [6, 6.07) is -0.298. The molecule has 0 aromatic carbocycles. The first kappa shape index (κ1) is 13.1. The van der Waals surface area contributed by atoms with Crippen LogP contribution in [0.4, 0.5) is 11.5 Å². The van der Waals surface area contributed by atoms with Crippen LogP contribution in [0.15, 0.2) is 6.33 Å². The van der Waals surface area contributed by atoms with Crippen molar-refractivity contribution in [2.45, 2.75) is 13.0 Å². The first-order valence-electron chi connectivity index (χ1n) is 4.90. The number of aliphatic hydroxyl groups excluding tert-OH is 1. The Balaban J connectivity index is 3.27. The molecule has 1 heterocycles. The molecular weight excluding hydrogens is 228 g/mol. The van der Waals surface area contributed by atoms with Crippen molar-refractivity contribution in [1.82, 2.24) is 9.97 Å². The second kappa shape index (κ2) is 5.39. The summed E-state index contributed by atoms with van der Waals surface area (Å²) in [6.45, 7) is 1.58.